The van der Waals surface area contributed by atoms with E-state index in [1.807, 2.05) is 16.2 Å². The van der Waals surface area contributed by atoms with Crippen LogP contribution in [0.2, 0.25) is 0 Å². The Bertz CT molecular complexity index is 329. The number of thiophene rings is 1. The highest BCUT2D eigenvalue weighted by atomic mass is 32.1. The van der Waals surface area contributed by atoms with Gasteiger partial charge < -0.3 is 4.90 Å². The lowest BCUT2D eigenvalue weighted by Gasteiger charge is -2.34. The molecule has 1 fully saturated rings. The van der Waals surface area contributed by atoms with Gasteiger partial charge in [0.2, 0.25) is 5.91 Å². The summed E-state index contributed by atoms with van der Waals surface area (Å²) in [5.41, 5.74) is 0. The summed E-state index contributed by atoms with van der Waals surface area (Å²) >= 11 is 1.83. The van der Waals surface area contributed by atoms with E-state index >= 15 is 0 Å². The van der Waals surface area contributed by atoms with Gasteiger partial charge in [0, 0.05) is 44.5 Å². The summed E-state index contributed by atoms with van der Waals surface area (Å²) in [6.07, 6.45) is 1.14. The first-order valence-corrected chi connectivity index (χ1v) is 6.64. The molecule has 16 heavy (non-hydrogen) atoms. The second-order valence-electron chi connectivity index (χ2n) is 4.18. The molecule has 0 spiro atoms. The molecule has 88 valence electrons. The van der Waals surface area contributed by atoms with E-state index < -0.39 is 0 Å². The Labute approximate surface area is 101 Å². The van der Waals surface area contributed by atoms with Crippen molar-refractivity contribution in [1.82, 2.24) is 9.80 Å². The molecule has 1 amide bonds. The van der Waals surface area contributed by atoms with Gasteiger partial charge in [0.15, 0.2) is 0 Å². The Morgan fingerprint density at radius 1 is 1.38 bits per heavy atom. The van der Waals surface area contributed by atoms with E-state index in [2.05, 4.69) is 22.4 Å². The summed E-state index contributed by atoms with van der Waals surface area (Å²) in [6, 6.07) is 4.30. The molecule has 0 saturated carbocycles. The number of carbonyl (C=O) groups excluding carboxylic acids is 1. The molecule has 1 aromatic heterocycles. The number of piperazine rings is 1. The Morgan fingerprint density at radius 3 is 2.69 bits per heavy atom. The molecule has 1 aliphatic rings. The summed E-state index contributed by atoms with van der Waals surface area (Å²) in [5, 5.41) is 2.13. The van der Waals surface area contributed by atoms with Crippen LogP contribution in [0, 0.1) is 0 Å². The predicted octanol–water partition coefficient (Wildman–Crippen LogP) is 1.45. The summed E-state index contributed by atoms with van der Waals surface area (Å²) in [5.74, 6) is 0.206. The smallest absolute Gasteiger partial charge is 0.219 e. The van der Waals surface area contributed by atoms with Crippen molar-refractivity contribution < 1.29 is 4.79 Å². The average Bonchev–Trinajstić information content (AvgIpc) is 2.80. The minimum absolute atomic E-state index is 0.206. The molecule has 1 saturated heterocycles. The van der Waals surface area contributed by atoms with Gasteiger partial charge in [-0.2, -0.15) is 0 Å². The SMILES string of the molecule is CC(=O)N1CCN(CCc2cccs2)CC1. The number of nitrogens with zero attached hydrogens (tertiary/aromatic N) is 2. The summed E-state index contributed by atoms with van der Waals surface area (Å²) in [6.45, 7) is 6.59. The van der Waals surface area contributed by atoms with Crippen molar-refractivity contribution in [1.29, 1.82) is 0 Å². The van der Waals surface area contributed by atoms with Crippen LogP contribution in [-0.2, 0) is 11.2 Å². The fraction of sp³-hybridized carbons (Fsp3) is 0.583. The third-order valence-electron chi connectivity index (χ3n) is 3.07. The lowest BCUT2D eigenvalue weighted by Crippen LogP contribution is -2.48. The third-order valence-corrected chi connectivity index (χ3v) is 4.01. The Kier molecular flexibility index (Phi) is 3.96. The van der Waals surface area contributed by atoms with Gasteiger partial charge in [0.25, 0.3) is 0 Å². The quantitative estimate of drug-likeness (QED) is 0.796. The fourth-order valence-electron chi connectivity index (χ4n) is 2.01. The largest absolute Gasteiger partial charge is 0.340 e. The van der Waals surface area contributed by atoms with Gasteiger partial charge in [-0.25, -0.2) is 0 Å². The van der Waals surface area contributed by atoms with Crippen LogP contribution in [0.5, 0.6) is 0 Å². The minimum atomic E-state index is 0.206. The van der Waals surface area contributed by atoms with E-state index in [-0.39, 0.29) is 5.91 Å². The summed E-state index contributed by atoms with van der Waals surface area (Å²) in [4.78, 5) is 17.0. The molecule has 0 aliphatic carbocycles. The lowest BCUT2D eigenvalue weighted by atomic mass is 10.2. The topological polar surface area (TPSA) is 23.6 Å². The van der Waals surface area contributed by atoms with Crippen molar-refractivity contribution in [2.45, 2.75) is 13.3 Å². The van der Waals surface area contributed by atoms with Crippen LogP contribution >= 0.6 is 11.3 Å². The third kappa shape index (κ3) is 3.06. The van der Waals surface area contributed by atoms with Crippen molar-refractivity contribution in [3.05, 3.63) is 22.4 Å². The summed E-state index contributed by atoms with van der Waals surface area (Å²) in [7, 11) is 0. The number of hydrogen-bond acceptors (Lipinski definition) is 3. The van der Waals surface area contributed by atoms with Gasteiger partial charge in [-0.05, 0) is 17.9 Å². The van der Waals surface area contributed by atoms with Gasteiger partial charge in [-0.15, -0.1) is 11.3 Å². The van der Waals surface area contributed by atoms with Gasteiger partial charge in [-0.1, -0.05) is 6.07 Å². The molecular formula is C12H18N2OS. The molecular weight excluding hydrogens is 220 g/mol. The highest BCUT2D eigenvalue weighted by molar-refractivity contribution is 7.09. The second-order valence-corrected chi connectivity index (χ2v) is 5.21. The monoisotopic (exact) mass is 238 g/mol. The molecule has 0 atom stereocenters. The van der Waals surface area contributed by atoms with Crippen LogP contribution in [0.15, 0.2) is 17.5 Å². The molecule has 1 aliphatic heterocycles. The number of carbonyl (C=O) groups is 1. The van der Waals surface area contributed by atoms with Crippen LogP contribution in [0.25, 0.3) is 0 Å². The van der Waals surface area contributed by atoms with Crippen molar-refractivity contribution in [3.8, 4) is 0 Å². The zero-order chi connectivity index (χ0) is 11.4. The van der Waals surface area contributed by atoms with Crippen molar-refractivity contribution in [2.24, 2.45) is 0 Å². The molecule has 3 nitrogen and oxygen atoms in total. The maximum absolute atomic E-state index is 11.2. The molecule has 4 heteroatoms. The molecule has 0 N–H and O–H groups in total. The maximum atomic E-state index is 11.2. The minimum Gasteiger partial charge on any atom is -0.340 e. The molecule has 2 rings (SSSR count). The first-order valence-electron chi connectivity index (χ1n) is 5.76. The molecule has 0 bridgehead atoms. The van der Waals surface area contributed by atoms with Crippen molar-refractivity contribution in [2.75, 3.05) is 32.7 Å². The van der Waals surface area contributed by atoms with Crippen LogP contribution in [-0.4, -0.2) is 48.4 Å². The highest BCUT2D eigenvalue weighted by Crippen LogP contribution is 2.10. The second kappa shape index (κ2) is 5.46. The average molecular weight is 238 g/mol. The predicted molar refractivity (Wildman–Crippen MR) is 66.7 cm³/mol. The number of amides is 1. The van der Waals surface area contributed by atoms with Gasteiger partial charge in [-0.3, -0.25) is 9.69 Å². The lowest BCUT2D eigenvalue weighted by molar-refractivity contribution is -0.130. The molecule has 1 aromatic rings. The van der Waals surface area contributed by atoms with Crippen molar-refractivity contribution in [3.63, 3.8) is 0 Å². The van der Waals surface area contributed by atoms with E-state index in [4.69, 9.17) is 0 Å². The van der Waals surface area contributed by atoms with Crippen LogP contribution in [0.4, 0.5) is 0 Å². The van der Waals surface area contributed by atoms with E-state index in [1.165, 1.54) is 4.88 Å². The molecule has 2 heterocycles. The van der Waals surface area contributed by atoms with Crippen LogP contribution in [0.3, 0.4) is 0 Å². The normalized spacial score (nSPS) is 17.7. The van der Waals surface area contributed by atoms with E-state index in [0.29, 0.717) is 0 Å². The highest BCUT2D eigenvalue weighted by Gasteiger charge is 2.17. The van der Waals surface area contributed by atoms with Crippen molar-refractivity contribution >= 4 is 17.2 Å². The Hall–Kier alpha value is -0.870. The Balaban J connectivity index is 1.71. The summed E-state index contributed by atoms with van der Waals surface area (Å²) < 4.78 is 0. The fourth-order valence-corrected chi connectivity index (χ4v) is 2.71. The Morgan fingerprint density at radius 2 is 2.12 bits per heavy atom. The first-order chi connectivity index (χ1) is 7.75. The van der Waals surface area contributed by atoms with E-state index in [9.17, 15) is 4.79 Å². The number of rotatable bonds is 3. The number of hydrogen-bond donors (Lipinski definition) is 0. The molecule has 0 radical (unpaired) electrons. The molecule has 0 aromatic carbocycles. The van der Waals surface area contributed by atoms with E-state index in [0.717, 1.165) is 39.1 Å². The molecule has 0 unspecified atom stereocenters. The zero-order valence-electron chi connectivity index (χ0n) is 9.69. The van der Waals surface area contributed by atoms with Gasteiger partial charge in [0.05, 0.1) is 0 Å². The maximum Gasteiger partial charge on any atom is 0.219 e. The van der Waals surface area contributed by atoms with Gasteiger partial charge in [0.1, 0.15) is 0 Å². The zero-order valence-corrected chi connectivity index (χ0v) is 10.5. The van der Waals surface area contributed by atoms with Crippen LogP contribution in [0.1, 0.15) is 11.8 Å². The standard InChI is InChI=1S/C12H18N2OS/c1-11(15)14-8-6-13(7-9-14)5-4-12-3-2-10-16-12/h2-3,10H,4-9H2,1H3. The van der Waals surface area contributed by atoms with Crippen LogP contribution < -0.4 is 0 Å². The van der Waals surface area contributed by atoms with Gasteiger partial charge >= 0.3 is 0 Å². The van der Waals surface area contributed by atoms with E-state index in [1.54, 1.807) is 6.92 Å². The first kappa shape index (κ1) is 11.6.